The first-order valence-corrected chi connectivity index (χ1v) is 13.4. The highest BCUT2D eigenvalue weighted by Gasteiger charge is 2.16. The molecule has 0 amide bonds. The molecule has 0 saturated carbocycles. The summed E-state index contributed by atoms with van der Waals surface area (Å²) in [7, 11) is 0. The molecule has 0 fully saturated rings. The summed E-state index contributed by atoms with van der Waals surface area (Å²) in [6.45, 7) is 0. The number of pyridine rings is 1. The van der Waals surface area contributed by atoms with Crippen molar-refractivity contribution in [2.24, 2.45) is 0 Å². The third-order valence-corrected chi connectivity index (χ3v) is 7.67. The van der Waals surface area contributed by atoms with E-state index in [1.807, 2.05) is 24.5 Å². The maximum absolute atomic E-state index is 4.80. The van der Waals surface area contributed by atoms with E-state index in [4.69, 9.17) is 9.97 Å². The topological polar surface area (TPSA) is 35.1 Å². The Morgan fingerprint density at radius 2 is 1.07 bits per heavy atom. The van der Waals surface area contributed by atoms with Crippen molar-refractivity contribution in [2.75, 3.05) is 0 Å². The first-order valence-electron chi connectivity index (χ1n) is 13.4. The predicted octanol–water partition coefficient (Wildman–Crippen LogP) is 8.83. The highest BCUT2D eigenvalue weighted by molar-refractivity contribution is 6.09. The maximum atomic E-state index is 4.80. The molecular weight excluding hydrogens is 488 g/mol. The minimum absolute atomic E-state index is 0.711. The molecule has 0 aliphatic carbocycles. The zero-order valence-corrected chi connectivity index (χ0v) is 21.6. The Bertz CT molecular complexity index is 2080. The van der Waals surface area contributed by atoms with E-state index in [0.717, 1.165) is 27.9 Å². The second kappa shape index (κ2) is 9.07. The van der Waals surface area contributed by atoms with Crippen LogP contribution in [0.2, 0.25) is 0 Å². The Morgan fingerprint density at radius 1 is 0.475 bits per heavy atom. The van der Waals surface area contributed by atoms with Gasteiger partial charge in [0.25, 0.3) is 0 Å². The molecule has 4 aromatic carbocycles. The quantitative estimate of drug-likeness (QED) is 0.236. The fourth-order valence-electron chi connectivity index (χ4n) is 5.83. The van der Waals surface area contributed by atoms with Crippen molar-refractivity contribution in [1.82, 2.24) is 18.9 Å². The minimum Gasteiger partial charge on any atom is -0.323 e. The van der Waals surface area contributed by atoms with E-state index in [1.165, 1.54) is 32.9 Å². The average Bonchev–Trinajstić information content (AvgIpc) is 3.58. The van der Waals surface area contributed by atoms with Gasteiger partial charge in [-0.3, -0.25) is 0 Å². The second-order valence-corrected chi connectivity index (χ2v) is 9.99. The van der Waals surface area contributed by atoms with Crippen LogP contribution >= 0.6 is 0 Å². The van der Waals surface area contributed by atoms with Crippen LogP contribution in [0.25, 0.3) is 66.7 Å². The molecule has 0 unspecified atom stereocenters. The molecule has 188 valence electrons. The normalized spacial score (nSPS) is 11.5. The molecule has 0 aliphatic heterocycles. The van der Waals surface area contributed by atoms with Gasteiger partial charge in [-0.2, -0.15) is 0 Å². The number of aromatic nitrogens is 4. The summed E-state index contributed by atoms with van der Waals surface area (Å²) in [5.41, 5.74) is 10.1. The summed E-state index contributed by atoms with van der Waals surface area (Å²) in [5, 5.41) is 2.52. The van der Waals surface area contributed by atoms with Gasteiger partial charge in [-0.25, -0.2) is 9.97 Å². The second-order valence-electron chi connectivity index (χ2n) is 9.99. The van der Waals surface area contributed by atoms with Crippen molar-refractivity contribution in [2.45, 2.75) is 0 Å². The third-order valence-electron chi connectivity index (χ3n) is 7.67. The lowest BCUT2D eigenvalue weighted by atomic mass is 9.99. The largest absolute Gasteiger partial charge is 0.323 e. The molecule has 0 N–H and O–H groups in total. The average molecular weight is 513 g/mol. The van der Waals surface area contributed by atoms with E-state index < -0.39 is 0 Å². The number of hydrogen-bond donors (Lipinski definition) is 0. The summed E-state index contributed by atoms with van der Waals surface area (Å²) in [6.07, 6.45) is 8.12. The molecule has 8 rings (SSSR count). The lowest BCUT2D eigenvalue weighted by molar-refractivity contribution is 1.16. The van der Waals surface area contributed by atoms with Gasteiger partial charge in [-0.1, -0.05) is 72.8 Å². The Labute approximate surface area is 231 Å². The van der Waals surface area contributed by atoms with E-state index in [0.29, 0.717) is 5.82 Å². The molecule has 0 bridgehead atoms. The van der Waals surface area contributed by atoms with E-state index in [9.17, 15) is 0 Å². The number of rotatable bonds is 4. The van der Waals surface area contributed by atoms with Crippen LogP contribution in [0, 0.1) is 0 Å². The summed E-state index contributed by atoms with van der Waals surface area (Å²) >= 11 is 0. The number of nitrogens with zero attached hydrogens (tertiary/aromatic N) is 4. The standard InChI is InChI=1S/C36H24N4/c1-2-10-25(11-3-1)35-31(24-39-21-9-8-16-34(35)39)27-22-37-36(38-23-27)26-17-19-28(20-18-26)40-32-14-6-4-12-29(32)30-13-5-7-15-33(30)40/h1-24H. The Kier molecular flexibility index (Phi) is 5.10. The lowest BCUT2D eigenvalue weighted by Gasteiger charge is -2.09. The molecule has 0 radical (unpaired) electrons. The fourth-order valence-corrected chi connectivity index (χ4v) is 5.83. The van der Waals surface area contributed by atoms with Crippen molar-refractivity contribution < 1.29 is 0 Å². The van der Waals surface area contributed by atoms with Gasteiger partial charge in [0.2, 0.25) is 0 Å². The molecule has 0 aliphatic rings. The highest BCUT2D eigenvalue weighted by atomic mass is 15.0. The molecule has 4 aromatic heterocycles. The van der Waals surface area contributed by atoms with Gasteiger partial charge in [0, 0.05) is 63.5 Å². The molecule has 0 saturated heterocycles. The van der Waals surface area contributed by atoms with Crippen molar-refractivity contribution >= 4 is 27.3 Å². The van der Waals surface area contributed by atoms with Crippen molar-refractivity contribution in [1.29, 1.82) is 0 Å². The van der Waals surface area contributed by atoms with E-state index in [2.05, 4.69) is 131 Å². The molecule has 4 heteroatoms. The van der Waals surface area contributed by atoms with Gasteiger partial charge < -0.3 is 8.97 Å². The van der Waals surface area contributed by atoms with Gasteiger partial charge >= 0.3 is 0 Å². The van der Waals surface area contributed by atoms with Crippen molar-refractivity contribution in [3.63, 3.8) is 0 Å². The zero-order valence-electron chi connectivity index (χ0n) is 21.6. The van der Waals surface area contributed by atoms with Crippen LogP contribution in [0.5, 0.6) is 0 Å². The molecule has 8 aromatic rings. The minimum atomic E-state index is 0.711. The Balaban J connectivity index is 1.17. The smallest absolute Gasteiger partial charge is 0.159 e. The third kappa shape index (κ3) is 3.54. The monoisotopic (exact) mass is 512 g/mol. The van der Waals surface area contributed by atoms with E-state index >= 15 is 0 Å². The Hall–Kier alpha value is -5.48. The molecule has 40 heavy (non-hydrogen) atoms. The van der Waals surface area contributed by atoms with Crippen LogP contribution < -0.4 is 0 Å². The Morgan fingerprint density at radius 3 is 1.77 bits per heavy atom. The molecule has 0 atom stereocenters. The number of para-hydroxylation sites is 2. The molecule has 4 heterocycles. The maximum Gasteiger partial charge on any atom is 0.159 e. The van der Waals surface area contributed by atoms with Gasteiger partial charge in [0.15, 0.2) is 5.82 Å². The van der Waals surface area contributed by atoms with Crippen molar-refractivity contribution in [3.8, 4) is 39.3 Å². The number of hydrogen-bond acceptors (Lipinski definition) is 2. The van der Waals surface area contributed by atoms with Crippen LogP contribution in [0.4, 0.5) is 0 Å². The van der Waals surface area contributed by atoms with Crippen LogP contribution in [-0.2, 0) is 0 Å². The van der Waals surface area contributed by atoms with Crippen LogP contribution in [0.3, 0.4) is 0 Å². The van der Waals surface area contributed by atoms with Gasteiger partial charge in [0.05, 0.1) is 16.6 Å². The van der Waals surface area contributed by atoms with Crippen LogP contribution in [0.15, 0.2) is 146 Å². The first-order chi connectivity index (χ1) is 19.8. The highest BCUT2D eigenvalue weighted by Crippen LogP contribution is 2.37. The van der Waals surface area contributed by atoms with E-state index in [-0.39, 0.29) is 0 Å². The van der Waals surface area contributed by atoms with Gasteiger partial charge in [0.1, 0.15) is 0 Å². The summed E-state index contributed by atoms with van der Waals surface area (Å²) in [6, 6.07) is 42.4. The SMILES string of the molecule is c1ccc(-c2c(-c3cnc(-c4ccc(-n5c6ccccc6c6ccccc65)cc4)nc3)cn3ccccc23)cc1. The van der Waals surface area contributed by atoms with Crippen LogP contribution in [-0.4, -0.2) is 18.9 Å². The fraction of sp³-hybridized carbons (Fsp3) is 0. The molecular formula is C36H24N4. The molecule has 4 nitrogen and oxygen atoms in total. The number of fused-ring (bicyclic) bond motifs is 4. The first kappa shape index (κ1) is 22.5. The zero-order chi connectivity index (χ0) is 26.5. The van der Waals surface area contributed by atoms with Crippen LogP contribution in [0.1, 0.15) is 0 Å². The lowest BCUT2D eigenvalue weighted by Crippen LogP contribution is -1.95. The van der Waals surface area contributed by atoms with Gasteiger partial charge in [-0.05, 0) is 54.1 Å². The van der Waals surface area contributed by atoms with Gasteiger partial charge in [-0.15, -0.1) is 0 Å². The molecule has 0 spiro atoms. The van der Waals surface area contributed by atoms with E-state index in [1.54, 1.807) is 0 Å². The predicted molar refractivity (Wildman–Crippen MR) is 164 cm³/mol. The summed E-state index contributed by atoms with van der Waals surface area (Å²) < 4.78 is 4.49. The summed E-state index contributed by atoms with van der Waals surface area (Å²) in [5.74, 6) is 0.711. The van der Waals surface area contributed by atoms with Crippen molar-refractivity contribution in [3.05, 3.63) is 146 Å². The number of benzene rings is 4. The summed E-state index contributed by atoms with van der Waals surface area (Å²) in [4.78, 5) is 9.59.